The maximum absolute atomic E-state index is 14.2. The van der Waals surface area contributed by atoms with Crippen LogP contribution in [0.4, 0.5) is 15.8 Å². The van der Waals surface area contributed by atoms with Gasteiger partial charge in [-0.15, -0.1) is 0 Å². The number of hydrogen-bond donors (Lipinski definition) is 0. The third kappa shape index (κ3) is 2.73. The van der Waals surface area contributed by atoms with Crippen LogP contribution in [0, 0.1) is 5.82 Å². The number of benzene rings is 3. The van der Waals surface area contributed by atoms with Crippen LogP contribution >= 0.6 is 0 Å². The van der Waals surface area contributed by atoms with Gasteiger partial charge in [0.25, 0.3) is 0 Å². The average Bonchev–Trinajstić information content (AvgIpc) is 2.92. The lowest BCUT2D eigenvalue weighted by Gasteiger charge is -2.28. The van der Waals surface area contributed by atoms with Gasteiger partial charge in [0.05, 0.1) is 13.7 Å². The molecule has 1 heterocycles. The minimum absolute atomic E-state index is 0.246. The summed E-state index contributed by atoms with van der Waals surface area (Å²) in [5.74, 6) is -0.932. The topological polar surface area (TPSA) is 26.3 Å². The van der Waals surface area contributed by atoms with E-state index in [1.54, 1.807) is 6.92 Å². The van der Waals surface area contributed by atoms with E-state index in [-0.39, 0.29) is 12.2 Å². The molecule has 1 atom stereocenters. The normalized spacial score (nSPS) is 18.3. The minimum atomic E-state index is -0.499. The zero-order valence-electron chi connectivity index (χ0n) is 15.6. The Morgan fingerprint density at radius 3 is 2.56 bits per heavy atom. The summed E-state index contributed by atoms with van der Waals surface area (Å²) >= 11 is 0. The SMILES string of the molecule is CCOC(=O)c1cc(F)cc2c1[N+](C)(c1ccc3ccccc3c1)C=C2C. The molecule has 0 aliphatic carbocycles. The Morgan fingerprint density at radius 2 is 1.81 bits per heavy atom. The number of rotatable bonds is 3. The standard InChI is InChI=1S/C23H21FNO2/c1-4-27-23(26)21-13-18(24)12-20-15(2)14-25(3,22(20)21)19-10-9-16-7-5-6-8-17(16)11-19/h5-14H,4H2,1-3H3/q+1. The summed E-state index contributed by atoms with van der Waals surface area (Å²) in [5.41, 5.74) is 3.71. The first kappa shape index (κ1) is 17.4. The van der Waals surface area contributed by atoms with Crippen molar-refractivity contribution in [2.24, 2.45) is 0 Å². The van der Waals surface area contributed by atoms with Crippen molar-refractivity contribution in [2.75, 3.05) is 13.7 Å². The second-order valence-electron chi connectivity index (χ2n) is 6.99. The maximum Gasteiger partial charge on any atom is 0.344 e. The molecule has 4 rings (SSSR count). The van der Waals surface area contributed by atoms with Crippen molar-refractivity contribution in [3.8, 4) is 0 Å². The quantitative estimate of drug-likeness (QED) is 0.435. The van der Waals surface area contributed by atoms with Gasteiger partial charge in [-0.2, -0.15) is 0 Å². The molecule has 0 N–H and O–H groups in total. The Hall–Kier alpha value is -2.98. The molecule has 0 aromatic heterocycles. The first-order valence-corrected chi connectivity index (χ1v) is 9.00. The third-order valence-electron chi connectivity index (χ3n) is 5.18. The lowest BCUT2D eigenvalue weighted by molar-refractivity contribution is 0.0525. The smallest absolute Gasteiger partial charge is 0.344 e. The van der Waals surface area contributed by atoms with Crippen molar-refractivity contribution in [3.63, 3.8) is 0 Å². The molecule has 0 saturated carbocycles. The van der Waals surface area contributed by atoms with Gasteiger partial charge in [-0.1, -0.05) is 24.3 Å². The van der Waals surface area contributed by atoms with E-state index in [9.17, 15) is 9.18 Å². The Balaban J connectivity index is 1.97. The summed E-state index contributed by atoms with van der Waals surface area (Å²) in [6, 6.07) is 17.2. The van der Waals surface area contributed by atoms with E-state index in [2.05, 4.69) is 36.5 Å². The Morgan fingerprint density at radius 1 is 1.07 bits per heavy atom. The number of allylic oxidation sites excluding steroid dienone is 1. The predicted octanol–water partition coefficient (Wildman–Crippen LogP) is 5.80. The number of fused-ring (bicyclic) bond motifs is 2. The van der Waals surface area contributed by atoms with E-state index >= 15 is 0 Å². The fourth-order valence-electron chi connectivity index (χ4n) is 3.96. The number of esters is 1. The van der Waals surface area contributed by atoms with Crippen molar-refractivity contribution >= 4 is 33.7 Å². The lowest BCUT2D eigenvalue weighted by atomic mass is 10.0. The summed E-state index contributed by atoms with van der Waals surface area (Å²) in [4.78, 5) is 12.6. The molecule has 136 valence electrons. The van der Waals surface area contributed by atoms with Crippen LogP contribution in [0.1, 0.15) is 29.8 Å². The minimum Gasteiger partial charge on any atom is -0.462 e. The molecular formula is C23H21FNO2+. The van der Waals surface area contributed by atoms with Crippen LogP contribution in [0.3, 0.4) is 0 Å². The summed E-state index contributed by atoms with van der Waals surface area (Å²) in [5, 5.41) is 2.27. The number of hydrogen-bond acceptors (Lipinski definition) is 2. The van der Waals surface area contributed by atoms with Crippen LogP contribution in [0.5, 0.6) is 0 Å². The van der Waals surface area contributed by atoms with E-state index in [1.165, 1.54) is 12.1 Å². The van der Waals surface area contributed by atoms with Gasteiger partial charge in [-0.25, -0.2) is 13.7 Å². The first-order valence-electron chi connectivity index (χ1n) is 9.00. The summed E-state index contributed by atoms with van der Waals surface area (Å²) < 4.78 is 19.7. The van der Waals surface area contributed by atoms with Gasteiger partial charge in [0, 0.05) is 23.3 Å². The third-order valence-corrected chi connectivity index (χ3v) is 5.18. The fourth-order valence-corrected chi connectivity index (χ4v) is 3.96. The Bertz CT molecular complexity index is 1100. The average molecular weight is 362 g/mol. The summed E-state index contributed by atoms with van der Waals surface area (Å²) in [7, 11) is 2.01. The highest BCUT2D eigenvalue weighted by molar-refractivity contribution is 6.02. The van der Waals surface area contributed by atoms with Crippen LogP contribution in [0.25, 0.3) is 16.3 Å². The van der Waals surface area contributed by atoms with Crippen molar-refractivity contribution in [3.05, 3.63) is 77.7 Å². The molecule has 0 saturated heterocycles. The monoisotopic (exact) mass is 362 g/mol. The molecule has 0 bridgehead atoms. The maximum atomic E-state index is 14.2. The van der Waals surface area contributed by atoms with Crippen molar-refractivity contribution < 1.29 is 13.9 Å². The van der Waals surface area contributed by atoms with E-state index in [0.717, 1.165) is 33.3 Å². The van der Waals surface area contributed by atoms with Crippen LogP contribution in [-0.2, 0) is 4.74 Å². The van der Waals surface area contributed by atoms with E-state index < -0.39 is 11.8 Å². The van der Waals surface area contributed by atoms with Gasteiger partial charge < -0.3 is 4.74 Å². The predicted molar refractivity (Wildman–Crippen MR) is 107 cm³/mol. The largest absolute Gasteiger partial charge is 0.462 e. The van der Waals surface area contributed by atoms with Crippen molar-refractivity contribution in [2.45, 2.75) is 13.8 Å². The molecule has 0 fully saturated rings. The van der Waals surface area contributed by atoms with Crippen LogP contribution < -0.4 is 4.48 Å². The number of ether oxygens (including phenoxy) is 1. The van der Waals surface area contributed by atoms with Crippen molar-refractivity contribution in [1.82, 2.24) is 4.48 Å². The molecule has 1 aliphatic rings. The van der Waals surface area contributed by atoms with E-state index in [0.29, 0.717) is 4.48 Å². The molecular weight excluding hydrogens is 341 g/mol. The van der Waals surface area contributed by atoms with Crippen LogP contribution in [0.15, 0.2) is 60.8 Å². The van der Waals surface area contributed by atoms with Crippen LogP contribution in [-0.4, -0.2) is 19.6 Å². The number of quaternary nitrogens is 1. The molecule has 0 radical (unpaired) electrons. The van der Waals surface area contributed by atoms with Crippen LogP contribution in [0.2, 0.25) is 0 Å². The zero-order valence-corrected chi connectivity index (χ0v) is 15.6. The van der Waals surface area contributed by atoms with Gasteiger partial charge in [-0.3, -0.25) is 0 Å². The van der Waals surface area contributed by atoms with Gasteiger partial charge in [0.15, 0.2) is 5.69 Å². The molecule has 3 nitrogen and oxygen atoms in total. The van der Waals surface area contributed by atoms with Gasteiger partial charge in [0.2, 0.25) is 0 Å². The highest BCUT2D eigenvalue weighted by atomic mass is 19.1. The lowest BCUT2D eigenvalue weighted by Crippen LogP contribution is -2.33. The highest BCUT2D eigenvalue weighted by Gasteiger charge is 2.40. The molecule has 1 unspecified atom stereocenters. The number of carbonyl (C=O) groups is 1. The van der Waals surface area contributed by atoms with Gasteiger partial charge in [-0.05, 0) is 42.8 Å². The molecule has 27 heavy (non-hydrogen) atoms. The molecule has 3 aromatic rings. The molecule has 4 heteroatoms. The number of carbonyl (C=O) groups excluding carboxylic acids is 1. The fraction of sp³-hybridized carbons (Fsp3) is 0.174. The van der Waals surface area contributed by atoms with E-state index in [1.807, 2.05) is 26.1 Å². The molecule has 0 spiro atoms. The van der Waals surface area contributed by atoms with E-state index in [4.69, 9.17) is 4.74 Å². The first-order chi connectivity index (χ1) is 12.9. The highest BCUT2D eigenvalue weighted by Crippen LogP contribution is 2.48. The second kappa shape index (κ2) is 6.32. The Labute approximate surface area is 157 Å². The molecule has 0 amide bonds. The van der Waals surface area contributed by atoms with Gasteiger partial charge >= 0.3 is 5.97 Å². The zero-order chi connectivity index (χ0) is 19.2. The van der Waals surface area contributed by atoms with Crippen molar-refractivity contribution in [1.29, 1.82) is 0 Å². The Kier molecular flexibility index (Phi) is 4.08. The second-order valence-corrected chi connectivity index (χ2v) is 6.99. The number of nitrogens with zero attached hydrogens (tertiary/aromatic N) is 1. The summed E-state index contributed by atoms with van der Waals surface area (Å²) in [6.45, 7) is 3.94. The molecule has 3 aromatic carbocycles. The summed E-state index contributed by atoms with van der Waals surface area (Å²) in [6.07, 6.45) is 2.05. The van der Waals surface area contributed by atoms with Gasteiger partial charge in [0.1, 0.15) is 23.3 Å². The molecule has 1 aliphatic heterocycles. The number of halogens is 1.